The van der Waals surface area contributed by atoms with E-state index >= 15 is 0 Å². The van der Waals surface area contributed by atoms with Crippen LogP contribution >= 0.6 is 18.5 Å². The van der Waals surface area contributed by atoms with E-state index in [0.29, 0.717) is 0 Å². The molecule has 2 unspecified atom stereocenters. The van der Waals surface area contributed by atoms with Crippen LogP contribution in [-0.2, 0) is 10.3 Å². The summed E-state index contributed by atoms with van der Waals surface area (Å²) in [5.41, 5.74) is 10.6. The number of hydrogen-bond acceptors (Lipinski definition) is 0. The fourth-order valence-corrected chi connectivity index (χ4v) is 8.82. The second kappa shape index (κ2) is 11.1. The van der Waals surface area contributed by atoms with Crippen molar-refractivity contribution in [3.8, 4) is 11.1 Å². The van der Waals surface area contributed by atoms with E-state index in [2.05, 4.69) is 188 Å². The van der Waals surface area contributed by atoms with Crippen LogP contribution in [0.3, 0.4) is 0 Å². The molecular weight excluding hydrogens is 542 g/mol. The summed E-state index contributed by atoms with van der Waals surface area (Å²) in [7, 11) is 6.80. The molecule has 6 aromatic carbocycles. The van der Waals surface area contributed by atoms with E-state index in [1.165, 1.54) is 44.5 Å². The molecule has 7 rings (SSSR count). The van der Waals surface area contributed by atoms with Crippen LogP contribution in [0.5, 0.6) is 0 Å². The summed E-state index contributed by atoms with van der Waals surface area (Å²) in [4.78, 5) is 0. The smallest absolute Gasteiger partial charge is 0.0419 e. The van der Waals surface area contributed by atoms with E-state index in [4.69, 9.17) is 0 Å². The molecule has 0 spiro atoms. The summed E-state index contributed by atoms with van der Waals surface area (Å²) in [6.07, 6.45) is 0. The van der Waals surface area contributed by atoms with Crippen LogP contribution in [0.4, 0.5) is 0 Å². The standard InChI is InChI=1S/C40H34P2/c41-39(29-17-5-1-6-18-29,30-19-7-2-8-20-30)37-35-27-15-13-25-33(35)34-26-14-16-28-36(34)38(37)40(42,31-21-9-3-10-22-31)32-23-11-4-12-24-32/h1-28,37-38H,41-42H2/t37-,38-/m1/s1. The molecule has 0 fully saturated rings. The fraction of sp³-hybridized carbons (Fsp3) is 0.100. The van der Waals surface area contributed by atoms with E-state index in [0.717, 1.165) is 0 Å². The highest BCUT2D eigenvalue weighted by Gasteiger charge is 2.54. The van der Waals surface area contributed by atoms with Gasteiger partial charge in [0, 0.05) is 22.1 Å². The summed E-state index contributed by atoms with van der Waals surface area (Å²) in [5, 5.41) is -0.829. The van der Waals surface area contributed by atoms with Crippen molar-refractivity contribution in [1.29, 1.82) is 0 Å². The van der Waals surface area contributed by atoms with E-state index in [1.807, 2.05) is 0 Å². The Morgan fingerprint density at radius 2 is 0.548 bits per heavy atom. The molecule has 0 aromatic heterocycles. The van der Waals surface area contributed by atoms with Gasteiger partial charge < -0.3 is 0 Å². The SMILES string of the molecule is PC(c1ccccc1)(c1ccccc1)[C@@H]1c2ccccc2-c2ccccc2[C@H]1C(P)(c1ccccc1)c1ccccc1. The fourth-order valence-electron chi connectivity index (χ4n) is 7.31. The molecule has 0 nitrogen and oxygen atoms in total. The van der Waals surface area contributed by atoms with Crippen LogP contribution in [0.1, 0.15) is 45.2 Å². The molecule has 0 heterocycles. The highest BCUT2D eigenvalue weighted by molar-refractivity contribution is 7.19. The van der Waals surface area contributed by atoms with Crippen molar-refractivity contribution in [2.75, 3.05) is 0 Å². The predicted molar refractivity (Wildman–Crippen MR) is 184 cm³/mol. The zero-order valence-corrected chi connectivity index (χ0v) is 25.8. The lowest BCUT2D eigenvalue weighted by Gasteiger charge is -2.53. The Hall–Kier alpha value is -3.82. The minimum Gasteiger partial charge on any atom is -0.121 e. The summed E-state index contributed by atoms with van der Waals surface area (Å²) in [6, 6.07) is 62.5. The van der Waals surface area contributed by atoms with Crippen molar-refractivity contribution in [2.45, 2.75) is 22.1 Å². The Labute approximate surface area is 254 Å². The zero-order valence-electron chi connectivity index (χ0n) is 23.5. The molecule has 204 valence electrons. The molecule has 0 N–H and O–H groups in total. The van der Waals surface area contributed by atoms with Crippen molar-refractivity contribution in [3.63, 3.8) is 0 Å². The first kappa shape index (κ1) is 27.0. The molecule has 1 aliphatic carbocycles. The Balaban J connectivity index is 1.63. The first-order valence-electron chi connectivity index (χ1n) is 14.6. The van der Waals surface area contributed by atoms with Gasteiger partial charge >= 0.3 is 0 Å². The summed E-state index contributed by atoms with van der Waals surface area (Å²) in [6.45, 7) is 0. The molecule has 0 aliphatic heterocycles. The maximum absolute atomic E-state index is 3.40. The molecule has 2 heteroatoms. The Bertz CT molecular complexity index is 1580. The molecule has 4 atom stereocenters. The van der Waals surface area contributed by atoms with Gasteiger partial charge in [0.2, 0.25) is 0 Å². The maximum atomic E-state index is 3.40. The van der Waals surface area contributed by atoms with Crippen LogP contribution in [-0.4, -0.2) is 0 Å². The summed E-state index contributed by atoms with van der Waals surface area (Å²) in [5.74, 6) is 0.160. The van der Waals surface area contributed by atoms with Gasteiger partial charge in [0.15, 0.2) is 0 Å². The van der Waals surface area contributed by atoms with Gasteiger partial charge in [-0.2, -0.15) is 0 Å². The normalized spacial score (nSPS) is 16.3. The van der Waals surface area contributed by atoms with Crippen molar-refractivity contribution < 1.29 is 0 Å². The molecular formula is C40H34P2. The molecule has 6 aromatic rings. The number of benzene rings is 6. The molecule has 0 radical (unpaired) electrons. The molecule has 0 bridgehead atoms. The van der Waals surface area contributed by atoms with Gasteiger partial charge in [-0.05, 0) is 44.5 Å². The molecule has 42 heavy (non-hydrogen) atoms. The lowest BCUT2D eigenvalue weighted by atomic mass is 9.57. The van der Waals surface area contributed by atoms with Gasteiger partial charge in [-0.25, -0.2) is 0 Å². The minimum atomic E-state index is -0.414. The highest BCUT2D eigenvalue weighted by Crippen LogP contribution is 2.67. The second-order valence-electron chi connectivity index (χ2n) is 11.3. The van der Waals surface area contributed by atoms with Crippen LogP contribution in [0.25, 0.3) is 11.1 Å². The van der Waals surface area contributed by atoms with E-state index in [9.17, 15) is 0 Å². The number of fused-ring (bicyclic) bond motifs is 3. The van der Waals surface area contributed by atoms with Gasteiger partial charge in [-0.1, -0.05) is 170 Å². The van der Waals surface area contributed by atoms with Gasteiger partial charge in [0.25, 0.3) is 0 Å². The number of hydrogen-bond donors (Lipinski definition) is 0. The van der Waals surface area contributed by atoms with E-state index < -0.39 is 10.3 Å². The third-order valence-corrected chi connectivity index (χ3v) is 11.3. The summed E-state index contributed by atoms with van der Waals surface area (Å²) >= 11 is 0. The monoisotopic (exact) mass is 576 g/mol. The first-order chi connectivity index (χ1) is 20.6. The molecule has 0 saturated carbocycles. The lowest BCUT2D eigenvalue weighted by Crippen LogP contribution is -2.43. The third-order valence-electron chi connectivity index (χ3n) is 9.20. The van der Waals surface area contributed by atoms with Gasteiger partial charge in [-0.3, -0.25) is 0 Å². The Morgan fingerprint density at radius 3 is 0.833 bits per heavy atom. The van der Waals surface area contributed by atoms with Crippen LogP contribution in [0, 0.1) is 0 Å². The van der Waals surface area contributed by atoms with Crippen molar-refractivity contribution in [3.05, 3.63) is 203 Å². The van der Waals surface area contributed by atoms with Crippen LogP contribution in [0.15, 0.2) is 170 Å². The summed E-state index contributed by atoms with van der Waals surface area (Å²) < 4.78 is 0. The van der Waals surface area contributed by atoms with E-state index in [-0.39, 0.29) is 11.8 Å². The zero-order chi connectivity index (χ0) is 28.6. The van der Waals surface area contributed by atoms with E-state index in [1.54, 1.807) is 0 Å². The predicted octanol–water partition coefficient (Wildman–Crippen LogP) is 10.2. The average molecular weight is 577 g/mol. The third kappa shape index (κ3) is 4.29. The van der Waals surface area contributed by atoms with Crippen molar-refractivity contribution in [1.82, 2.24) is 0 Å². The van der Waals surface area contributed by atoms with Gasteiger partial charge in [0.1, 0.15) is 0 Å². The van der Waals surface area contributed by atoms with Crippen molar-refractivity contribution in [2.24, 2.45) is 0 Å². The quantitative estimate of drug-likeness (QED) is 0.173. The Kier molecular flexibility index (Phi) is 7.15. The second-order valence-corrected chi connectivity index (χ2v) is 13.2. The van der Waals surface area contributed by atoms with Crippen LogP contribution < -0.4 is 0 Å². The first-order valence-corrected chi connectivity index (χ1v) is 15.8. The molecule has 0 saturated heterocycles. The lowest BCUT2D eigenvalue weighted by molar-refractivity contribution is 0.400. The highest BCUT2D eigenvalue weighted by atomic mass is 31.0. The van der Waals surface area contributed by atoms with Gasteiger partial charge in [-0.15, -0.1) is 18.5 Å². The van der Waals surface area contributed by atoms with Crippen molar-refractivity contribution >= 4 is 18.5 Å². The number of rotatable bonds is 6. The molecule has 0 amide bonds. The largest absolute Gasteiger partial charge is 0.121 e. The average Bonchev–Trinajstić information content (AvgIpc) is 3.08. The maximum Gasteiger partial charge on any atom is 0.0419 e. The molecule has 1 aliphatic rings. The van der Waals surface area contributed by atoms with Crippen LogP contribution in [0.2, 0.25) is 0 Å². The minimum absolute atomic E-state index is 0.0799. The topological polar surface area (TPSA) is 0 Å². The Morgan fingerprint density at radius 1 is 0.310 bits per heavy atom. The van der Waals surface area contributed by atoms with Gasteiger partial charge in [0.05, 0.1) is 0 Å².